The molecule has 0 bridgehead atoms. The van der Waals surface area contributed by atoms with Crippen molar-refractivity contribution in [3.05, 3.63) is 91.2 Å². The van der Waals surface area contributed by atoms with Gasteiger partial charge in [0.05, 0.1) is 18.4 Å². The number of nitrogens with zero attached hydrogens (tertiary/aromatic N) is 4. The minimum Gasteiger partial charge on any atom is -0.397 e. The number of hydrogen-bond acceptors (Lipinski definition) is 5. The number of nitrogens with two attached hydrogens (primary N) is 2. The molecular formula is C25H33N7. The maximum absolute atomic E-state index is 6.33. The van der Waals surface area contributed by atoms with Crippen molar-refractivity contribution >= 4 is 16.7 Å². The summed E-state index contributed by atoms with van der Waals surface area (Å²) in [6.45, 7) is 9.82. The molecule has 0 atom stereocenters. The lowest BCUT2D eigenvalue weighted by atomic mass is 10.1. The van der Waals surface area contributed by atoms with E-state index >= 15 is 0 Å². The molecule has 3 heterocycles. The topological polar surface area (TPSA) is 102 Å². The molecule has 168 valence electrons. The first-order chi connectivity index (χ1) is 15.5. The third kappa shape index (κ3) is 6.33. The molecule has 4 rings (SSSR count). The minimum absolute atomic E-state index is 0.573. The summed E-state index contributed by atoms with van der Waals surface area (Å²) in [6, 6.07) is 12.1. The summed E-state index contributed by atoms with van der Waals surface area (Å²) in [5, 5.41) is 6.75. The highest BCUT2D eigenvalue weighted by Crippen LogP contribution is 2.26. The normalized spacial score (nSPS) is 10.6. The minimum atomic E-state index is 0.573. The van der Waals surface area contributed by atoms with Crippen LogP contribution in [0, 0.1) is 0 Å². The zero-order chi connectivity index (χ0) is 23.5. The molecular weight excluding hydrogens is 398 g/mol. The number of H-pyrrole nitrogens is 1. The lowest BCUT2D eigenvalue weighted by Gasteiger charge is -2.15. The molecule has 0 radical (unpaired) electrons. The highest BCUT2D eigenvalue weighted by atomic mass is 15.4. The van der Waals surface area contributed by atoms with Crippen LogP contribution in [0.2, 0.25) is 0 Å². The Labute approximate surface area is 190 Å². The molecule has 1 aromatic carbocycles. The van der Waals surface area contributed by atoms with Gasteiger partial charge in [-0.15, -0.1) is 6.58 Å². The SMILES string of the molecule is C=CC.CC.Cn1cc(-c2cnc3[nH]cc(/C(N)=C/N(N)Cc4ccccc4)c3c2)cn1. The molecule has 0 unspecified atom stereocenters. The molecule has 4 aromatic rings. The van der Waals surface area contributed by atoms with E-state index in [-0.39, 0.29) is 0 Å². The van der Waals surface area contributed by atoms with Gasteiger partial charge >= 0.3 is 0 Å². The van der Waals surface area contributed by atoms with Crippen molar-refractivity contribution < 1.29 is 0 Å². The standard InChI is InChI=1S/C20H21N7.C3H6.C2H6/c1-26-12-16(9-25-26)15-7-17-18(10-24-20(17)23-8-15)19(21)13-27(22)11-14-5-3-2-4-6-14;1-3-2;1-2/h2-10,12-13H,11,21-22H2,1H3,(H,23,24);3H,1H2,2H3;1-2H3/b19-13-;;. The fraction of sp³-hybridized carbons (Fsp3) is 0.200. The van der Waals surface area contributed by atoms with Gasteiger partial charge in [0.1, 0.15) is 5.65 Å². The quantitative estimate of drug-likeness (QED) is 0.239. The smallest absolute Gasteiger partial charge is 0.137 e. The van der Waals surface area contributed by atoms with Crippen LogP contribution in [0.25, 0.3) is 27.9 Å². The van der Waals surface area contributed by atoms with Crippen molar-refractivity contribution in [2.45, 2.75) is 27.3 Å². The third-order valence-electron chi connectivity index (χ3n) is 4.39. The largest absolute Gasteiger partial charge is 0.397 e. The zero-order valence-electron chi connectivity index (χ0n) is 19.3. The molecule has 7 heteroatoms. The first-order valence-electron chi connectivity index (χ1n) is 10.6. The van der Waals surface area contributed by atoms with Crippen molar-refractivity contribution in [1.29, 1.82) is 0 Å². The molecule has 0 amide bonds. The second kappa shape index (κ2) is 12.1. The van der Waals surface area contributed by atoms with Crippen LogP contribution < -0.4 is 11.6 Å². The van der Waals surface area contributed by atoms with Gasteiger partial charge in [0.2, 0.25) is 0 Å². The van der Waals surface area contributed by atoms with Gasteiger partial charge in [0, 0.05) is 53.9 Å². The van der Waals surface area contributed by atoms with E-state index in [2.05, 4.69) is 27.7 Å². The second-order valence-corrected chi connectivity index (χ2v) is 6.88. The third-order valence-corrected chi connectivity index (χ3v) is 4.39. The average Bonchev–Trinajstić information content (AvgIpc) is 3.42. The Hall–Kier alpha value is -3.84. The monoisotopic (exact) mass is 431 g/mol. The number of pyridine rings is 1. The molecule has 32 heavy (non-hydrogen) atoms. The first kappa shape index (κ1) is 24.4. The molecule has 0 spiro atoms. The number of hydrazine groups is 1. The van der Waals surface area contributed by atoms with E-state index in [1.54, 1.807) is 22.0 Å². The summed E-state index contributed by atoms with van der Waals surface area (Å²) in [5.41, 5.74) is 11.7. The van der Waals surface area contributed by atoms with Gasteiger partial charge in [0.25, 0.3) is 0 Å². The number of aromatic nitrogens is 4. The van der Waals surface area contributed by atoms with E-state index in [4.69, 9.17) is 11.6 Å². The summed E-state index contributed by atoms with van der Waals surface area (Å²) in [5.74, 6) is 6.12. The summed E-state index contributed by atoms with van der Waals surface area (Å²) in [4.78, 5) is 7.66. The van der Waals surface area contributed by atoms with Crippen LogP contribution in [0.1, 0.15) is 31.9 Å². The van der Waals surface area contributed by atoms with E-state index in [1.165, 1.54) is 0 Å². The lowest BCUT2D eigenvalue weighted by Crippen LogP contribution is -2.25. The molecule has 3 aromatic heterocycles. The van der Waals surface area contributed by atoms with E-state index in [1.807, 2.05) is 82.9 Å². The molecule has 0 aliphatic heterocycles. The van der Waals surface area contributed by atoms with Crippen LogP contribution in [0.3, 0.4) is 0 Å². The highest BCUT2D eigenvalue weighted by molar-refractivity contribution is 5.92. The van der Waals surface area contributed by atoms with Crippen LogP contribution in [0.5, 0.6) is 0 Å². The average molecular weight is 432 g/mol. The van der Waals surface area contributed by atoms with Crippen molar-refractivity contribution in [3.8, 4) is 11.1 Å². The van der Waals surface area contributed by atoms with Crippen LogP contribution >= 0.6 is 0 Å². The number of rotatable bonds is 5. The Bertz CT molecular complexity index is 1140. The molecule has 0 saturated carbocycles. The summed E-state index contributed by atoms with van der Waals surface area (Å²) in [6.07, 6.45) is 10.9. The van der Waals surface area contributed by atoms with Crippen LogP contribution in [0.4, 0.5) is 0 Å². The van der Waals surface area contributed by atoms with Gasteiger partial charge in [-0.25, -0.2) is 10.8 Å². The lowest BCUT2D eigenvalue weighted by molar-refractivity contribution is 0.388. The van der Waals surface area contributed by atoms with Crippen molar-refractivity contribution in [1.82, 2.24) is 24.8 Å². The van der Waals surface area contributed by atoms with Crippen molar-refractivity contribution in [2.75, 3.05) is 0 Å². The van der Waals surface area contributed by atoms with Gasteiger partial charge in [-0.3, -0.25) is 4.68 Å². The van der Waals surface area contributed by atoms with Crippen molar-refractivity contribution in [3.63, 3.8) is 0 Å². The fourth-order valence-electron chi connectivity index (χ4n) is 3.06. The maximum atomic E-state index is 6.33. The van der Waals surface area contributed by atoms with Gasteiger partial charge in [-0.05, 0) is 18.6 Å². The van der Waals surface area contributed by atoms with Gasteiger partial charge < -0.3 is 15.7 Å². The summed E-state index contributed by atoms with van der Waals surface area (Å²) < 4.78 is 1.77. The Morgan fingerprint density at radius 1 is 1.19 bits per heavy atom. The Morgan fingerprint density at radius 3 is 2.50 bits per heavy atom. The summed E-state index contributed by atoms with van der Waals surface area (Å²) in [7, 11) is 1.89. The fourth-order valence-corrected chi connectivity index (χ4v) is 3.06. The number of aryl methyl sites for hydroxylation is 1. The Balaban J connectivity index is 0.000000671. The number of fused-ring (bicyclic) bond motifs is 1. The Kier molecular flexibility index (Phi) is 9.25. The number of hydrogen-bond donors (Lipinski definition) is 3. The van der Waals surface area contributed by atoms with Crippen LogP contribution in [-0.4, -0.2) is 24.8 Å². The van der Waals surface area contributed by atoms with Crippen molar-refractivity contribution in [2.24, 2.45) is 18.6 Å². The molecule has 0 saturated heterocycles. The van der Waals surface area contributed by atoms with Crippen LogP contribution in [0.15, 0.2) is 80.0 Å². The van der Waals surface area contributed by atoms with E-state index in [0.29, 0.717) is 12.2 Å². The van der Waals surface area contributed by atoms with E-state index < -0.39 is 0 Å². The van der Waals surface area contributed by atoms with Gasteiger partial charge in [0.15, 0.2) is 0 Å². The molecule has 7 nitrogen and oxygen atoms in total. The van der Waals surface area contributed by atoms with Gasteiger partial charge in [-0.2, -0.15) is 5.10 Å². The van der Waals surface area contributed by atoms with Gasteiger partial charge in [-0.1, -0.05) is 50.3 Å². The number of aromatic amines is 1. The first-order valence-corrected chi connectivity index (χ1v) is 10.6. The molecule has 5 N–H and O–H groups in total. The Morgan fingerprint density at radius 2 is 1.88 bits per heavy atom. The number of nitrogens with one attached hydrogen (secondary N) is 1. The second-order valence-electron chi connectivity index (χ2n) is 6.88. The number of benzene rings is 1. The predicted molar refractivity (Wildman–Crippen MR) is 134 cm³/mol. The highest BCUT2D eigenvalue weighted by Gasteiger charge is 2.11. The maximum Gasteiger partial charge on any atom is 0.137 e. The molecule has 0 aliphatic carbocycles. The van der Waals surface area contributed by atoms with Crippen LogP contribution in [-0.2, 0) is 13.6 Å². The van der Waals surface area contributed by atoms with E-state index in [9.17, 15) is 0 Å². The number of allylic oxidation sites excluding steroid dienone is 1. The predicted octanol–water partition coefficient (Wildman–Crippen LogP) is 4.81. The molecule has 0 fully saturated rings. The van der Waals surface area contributed by atoms with E-state index in [0.717, 1.165) is 33.3 Å². The zero-order valence-corrected chi connectivity index (χ0v) is 19.3. The summed E-state index contributed by atoms with van der Waals surface area (Å²) >= 11 is 0. The molecule has 0 aliphatic rings.